The molecule has 4 nitrogen and oxygen atoms in total. The van der Waals surface area contributed by atoms with Gasteiger partial charge in [0, 0.05) is 0 Å². The number of ether oxygens (including phenoxy) is 1. The van der Waals surface area contributed by atoms with Crippen molar-refractivity contribution in [2.24, 2.45) is 5.92 Å². The second-order valence-corrected chi connectivity index (χ2v) is 4.64. The molecule has 1 aromatic carbocycles. The number of amides is 1. The maximum atomic E-state index is 11.5. The second kappa shape index (κ2) is 5.57. The number of carbonyl (C=O) groups is 1. The zero-order valence-electron chi connectivity index (χ0n) is 10.8. The van der Waals surface area contributed by atoms with Gasteiger partial charge < -0.3 is 10.5 Å². The number of carbonyl (C=O) groups excluding carboxylic acids is 1. The second-order valence-electron chi connectivity index (χ2n) is 4.64. The van der Waals surface area contributed by atoms with Crippen LogP contribution in [0.3, 0.4) is 0 Å². The van der Waals surface area contributed by atoms with Crippen molar-refractivity contribution in [2.45, 2.75) is 27.7 Å². The highest BCUT2D eigenvalue weighted by Crippen LogP contribution is 2.23. The van der Waals surface area contributed by atoms with Gasteiger partial charge in [-0.05, 0) is 43.0 Å². The minimum atomic E-state index is -0.464. The summed E-state index contributed by atoms with van der Waals surface area (Å²) < 4.78 is 5.03. The van der Waals surface area contributed by atoms with Crippen molar-refractivity contribution in [1.82, 2.24) is 0 Å². The first kappa shape index (κ1) is 13.4. The molecule has 0 atom stereocenters. The molecule has 1 rings (SSSR count). The Labute approximate surface area is 102 Å². The molecule has 0 unspecified atom stereocenters. The predicted octanol–water partition coefficient (Wildman–Crippen LogP) is 3.09. The normalized spacial score (nSPS) is 10.4. The molecule has 1 amide bonds. The maximum absolute atomic E-state index is 11.5. The van der Waals surface area contributed by atoms with Gasteiger partial charge in [0.25, 0.3) is 0 Å². The van der Waals surface area contributed by atoms with E-state index in [1.165, 1.54) is 0 Å². The molecule has 0 aliphatic heterocycles. The van der Waals surface area contributed by atoms with Crippen molar-refractivity contribution >= 4 is 17.5 Å². The molecule has 0 heterocycles. The van der Waals surface area contributed by atoms with Gasteiger partial charge in [-0.15, -0.1) is 0 Å². The summed E-state index contributed by atoms with van der Waals surface area (Å²) in [6.07, 6.45) is -0.464. The molecule has 0 aliphatic rings. The van der Waals surface area contributed by atoms with E-state index in [4.69, 9.17) is 10.5 Å². The van der Waals surface area contributed by atoms with Crippen LogP contribution >= 0.6 is 0 Å². The Morgan fingerprint density at radius 3 is 2.53 bits per heavy atom. The van der Waals surface area contributed by atoms with E-state index >= 15 is 0 Å². The summed E-state index contributed by atoms with van der Waals surface area (Å²) in [5, 5.41) is 2.65. The van der Waals surface area contributed by atoms with Gasteiger partial charge in [0.1, 0.15) is 0 Å². The quantitative estimate of drug-likeness (QED) is 0.793. The third kappa shape index (κ3) is 3.98. The largest absolute Gasteiger partial charge is 0.449 e. The molecule has 0 spiro atoms. The topological polar surface area (TPSA) is 64.3 Å². The van der Waals surface area contributed by atoms with Gasteiger partial charge in [-0.3, -0.25) is 5.32 Å². The lowest BCUT2D eigenvalue weighted by Gasteiger charge is -2.12. The number of benzene rings is 1. The van der Waals surface area contributed by atoms with Crippen LogP contribution in [0.15, 0.2) is 12.1 Å². The number of anilines is 2. The number of nitrogens with one attached hydrogen (secondary N) is 1. The Morgan fingerprint density at radius 2 is 1.94 bits per heavy atom. The van der Waals surface area contributed by atoms with Crippen LogP contribution in [0.4, 0.5) is 16.2 Å². The van der Waals surface area contributed by atoms with Gasteiger partial charge in [0.15, 0.2) is 0 Å². The molecule has 0 aromatic heterocycles. The predicted molar refractivity (Wildman–Crippen MR) is 70.1 cm³/mol. The van der Waals surface area contributed by atoms with E-state index in [0.29, 0.717) is 23.9 Å². The van der Waals surface area contributed by atoms with E-state index in [1.807, 2.05) is 39.8 Å². The van der Waals surface area contributed by atoms with Crippen LogP contribution < -0.4 is 11.1 Å². The minimum absolute atomic E-state index is 0.317. The van der Waals surface area contributed by atoms with Gasteiger partial charge in [-0.2, -0.15) is 0 Å². The molecule has 0 fully saturated rings. The number of hydrogen-bond donors (Lipinski definition) is 2. The van der Waals surface area contributed by atoms with Crippen LogP contribution in [0.5, 0.6) is 0 Å². The molecule has 94 valence electrons. The van der Waals surface area contributed by atoms with Gasteiger partial charge >= 0.3 is 6.09 Å². The molecule has 0 bridgehead atoms. The number of nitrogen functional groups attached to an aromatic ring is 1. The summed E-state index contributed by atoms with van der Waals surface area (Å²) in [5.41, 5.74) is 9.16. The summed E-state index contributed by atoms with van der Waals surface area (Å²) in [7, 11) is 0. The third-order valence-corrected chi connectivity index (χ3v) is 2.45. The van der Waals surface area contributed by atoms with Gasteiger partial charge in [0.2, 0.25) is 0 Å². The first-order valence-electron chi connectivity index (χ1n) is 5.70. The molecule has 0 saturated carbocycles. The Balaban J connectivity index is 2.68. The lowest BCUT2D eigenvalue weighted by Crippen LogP contribution is -2.17. The molecule has 0 radical (unpaired) electrons. The van der Waals surface area contributed by atoms with Gasteiger partial charge in [0.05, 0.1) is 18.0 Å². The van der Waals surface area contributed by atoms with E-state index < -0.39 is 6.09 Å². The molecular formula is C13H20N2O2. The molecule has 0 aliphatic carbocycles. The van der Waals surface area contributed by atoms with E-state index in [-0.39, 0.29) is 0 Å². The minimum Gasteiger partial charge on any atom is -0.449 e. The third-order valence-electron chi connectivity index (χ3n) is 2.45. The van der Waals surface area contributed by atoms with Crippen LogP contribution in [0, 0.1) is 19.8 Å². The van der Waals surface area contributed by atoms with Crippen LogP contribution in [-0.4, -0.2) is 12.7 Å². The standard InChI is InChI=1S/C13H20N2O2/c1-8(2)7-17-13(16)15-12-6-10(4)9(3)5-11(12)14/h5-6,8H,7,14H2,1-4H3,(H,15,16). The Morgan fingerprint density at radius 1 is 1.35 bits per heavy atom. The van der Waals surface area contributed by atoms with Crippen molar-refractivity contribution in [1.29, 1.82) is 0 Å². The number of rotatable bonds is 3. The molecule has 4 heteroatoms. The van der Waals surface area contributed by atoms with Crippen molar-refractivity contribution in [3.05, 3.63) is 23.3 Å². The monoisotopic (exact) mass is 236 g/mol. The Kier molecular flexibility index (Phi) is 4.37. The lowest BCUT2D eigenvalue weighted by atomic mass is 10.1. The number of hydrogen-bond acceptors (Lipinski definition) is 3. The molecule has 17 heavy (non-hydrogen) atoms. The molecule has 3 N–H and O–H groups in total. The average molecular weight is 236 g/mol. The van der Waals surface area contributed by atoms with E-state index in [2.05, 4.69) is 5.32 Å². The average Bonchev–Trinajstić information content (AvgIpc) is 2.23. The lowest BCUT2D eigenvalue weighted by molar-refractivity contribution is 0.147. The first-order valence-corrected chi connectivity index (χ1v) is 5.70. The van der Waals surface area contributed by atoms with Crippen molar-refractivity contribution in [2.75, 3.05) is 17.7 Å². The Bertz CT molecular complexity index is 414. The smallest absolute Gasteiger partial charge is 0.411 e. The number of nitrogens with two attached hydrogens (primary N) is 1. The van der Waals surface area contributed by atoms with Crippen LogP contribution in [-0.2, 0) is 4.74 Å². The molecule has 0 saturated heterocycles. The highest BCUT2D eigenvalue weighted by atomic mass is 16.5. The highest BCUT2D eigenvalue weighted by Gasteiger charge is 2.08. The van der Waals surface area contributed by atoms with E-state index in [9.17, 15) is 4.79 Å². The zero-order valence-corrected chi connectivity index (χ0v) is 10.8. The molecular weight excluding hydrogens is 216 g/mol. The fourth-order valence-corrected chi connectivity index (χ4v) is 1.34. The van der Waals surface area contributed by atoms with E-state index in [1.54, 1.807) is 0 Å². The summed E-state index contributed by atoms with van der Waals surface area (Å²) >= 11 is 0. The SMILES string of the molecule is Cc1cc(N)c(NC(=O)OCC(C)C)cc1C. The van der Waals surface area contributed by atoms with E-state index in [0.717, 1.165) is 11.1 Å². The van der Waals surface area contributed by atoms with Crippen LogP contribution in [0.25, 0.3) is 0 Å². The summed E-state index contributed by atoms with van der Waals surface area (Å²) in [6, 6.07) is 3.69. The van der Waals surface area contributed by atoms with Crippen molar-refractivity contribution in [3.63, 3.8) is 0 Å². The van der Waals surface area contributed by atoms with Gasteiger partial charge in [-0.1, -0.05) is 13.8 Å². The van der Waals surface area contributed by atoms with Crippen molar-refractivity contribution < 1.29 is 9.53 Å². The summed E-state index contributed by atoms with van der Waals surface area (Å²) in [6.45, 7) is 8.32. The van der Waals surface area contributed by atoms with Crippen LogP contribution in [0.2, 0.25) is 0 Å². The zero-order chi connectivity index (χ0) is 13.0. The summed E-state index contributed by atoms with van der Waals surface area (Å²) in [5.74, 6) is 0.317. The fraction of sp³-hybridized carbons (Fsp3) is 0.462. The van der Waals surface area contributed by atoms with Gasteiger partial charge in [-0.25, -0.2) is 4.79 Å². The molecule has 1 aromatic rings. The highest BCUT2D eigenvalue weighted by molar-refractivity contribution is 5.89. The van der Waals surface area contributed by atoms with Crippen LogP contribution in [0.1, 0.15) is 25.0 Å². The fourth-order valence-electron chi connectivity index (χ4n) is 1.34. The summed E-state index contributed by atoms with van der Waals surface area (Å²) in [4.78, 5) is 11.5. The van der Waals surface area contributed by atoms with Crippen molar-refractivity contribution in [3.8, 4) is 0 Å². The Hall–Kier alpha value is -1.71. The number of aryl methyl sites for hydroxylation is 2. The maximum Gasteiger partial charge on any atom is 0.411 e. The first-order chi connectivity index (χ1) is 7.90.